The van der Waals surface area contributed by atoms with Crippen LogP contribution in [-0.4, -0.2) is 62.3 Å². The molecule has 23 heavy (non-hydrogen) atoms. The summed E-state index contributed by atoms with van der Waals surface area (Å²) in [5, 5.41) is 7.91. The number of aliphatic imine (C=N–C) groups is 1. The maximum absolute atomic E-state index is 5.39. The van der Waals surface area contributed by atoms with Crippen LogP contribution in [0.3, 0.4) is 0 Å². The minimum atomic E-state index is 0.569. The average molecular weight is 340 g/mol. The van der Waals surface area contributed by atoms with E-state index in [2.05, 4.69) is 39.4 Å². The Kier molecular flexibility index (Phi) is 7.26. The SMILES string of the molecule is CN=C(NCc1sc(C)nc1C)NCC(C)CN1CCOCC1. The molecule has 1 atom stereocenters. The van der Waals surface area contributed by atoms with Gasteiger partial charge in [0.1, 0.15) is 0 Å². The summed E-state index contributed by atoms with van der Waals surface area (Å²) in [4.78, 5) is 12.5. The molecular formula is C16H29N5OS. The van der Waals surface area contributed by atoms with E-state index in [9.17, 15) is 0 Å². The van der Waals surface area contributed by atoms with Gasteiger partial charge in [-0.2, -0.15) is 0 Å². The van der Waals surface area contributed by atoms with Gasteiger partial charge in [-0.3, -0.25) is 9.89 Å². The Morgan fingerprint density at radius 2 is 2.09 bits per heavy atom. The number of guanidine groups is 1. The van der Waals surface area contributed by atoms with Crippen LogP contribution < -0.4 is 10.6 Å². The summed E-state index contributed by atoms with van der Waals surface area (Å²) in [5.41, 5.74) is 1.11. The normalized spacial score (nSPS) is 18.0. The van der Waals surface area contributed by atoms with E-state index in [0.29, 0.717) is 5.92 Å². The first-order valence-corrected chi connectivity index (χ1v) is 9.07. The molecule has 1 unspecified atom stereocenters. The van der Waals surface area contributed by atoms with Crippen molar-refractivity contribution in [3.05, 3.63) is 15.6 Å². The van der Waals surface area contributed by atoms with Crippen LogP contribution in [0.25, 0.3) is 0 Å². The molecule has 0 aliphatic carbocycles. The van der Waals surface area contributed by atoms with Crippen molar-refractivity contribution in [3.63, 3.8) is 0 Å². The molecule has 1 fully saturated rings. The summed E-state index contributed by atoms with van der Waals surface area (Å²) < 4.78 is 5.39. The number of morpholine rings is 1. The summed E-state index contributed by atoms with van der Waals surface area (Å²) in [6.45, 7) is 13.0. The van der Waals surface area contributed by atoms with Crippen LogP contribution in [0.2, 0.25) is 0 Å². The lowest BCUT2D eigenvalue weighted by molar-refractivity contribution is 0.0320. The highest BCUT2D eigenvalue weighted by Gasteiger charge is 2.14. The molecule has 0 saturated carbocycles. The molecule has 7 heteroatoms. The van der Waals surface area contributed by atoms with Crippen molar-refractivity contribution < 1.29 is 4.74 Å². The first-order valence-electron chi connectivity index (χ1n) is 8.26. The molecule has 2 rings (SSSR count). The van der Waals surface area contributed by atoms with Gasteiger partial charge in [-0.15, -0.1) is 11.3 Å². The van der Waals surface area contributed by atoms with Crippen LogP contribution in [0.5, 0.6) is 0 Å². The minimum Gasteiger partial charge on any atom is -0.379 e. The fourth-order valence-electron chi connectivity index (χ4n) is 2.68. The third-order valence-corrected chi connectivity index (χ3v) is 5.00. The van der Waals surface area contributed by atoms with Crippen molar-refractivity contribution in [2.75, 3.05) is 46.4 Å². The van der Waals surface area contributed by atoms with E-state index in [1.807, 2.05) is 14.0 Å². The number of nitrogens with one attached hydrogen (secondary N) is 2. The lowest BCUT2D eigenvalue weighted by Crippen LogP contribution is -2.43. The van der Waals surface area contributed by atoms with E-state index in [1.54, 1.807) is 11.3 Å². The first kappa shape index (κ1) is 18.2. The number of nitrogens with zero attached hydrogens (tertiary/aromatic N) is 3. The van der Waals surface area contributed by atoms with E-state index in [4.69, 9.17) is 4.74 Å². The average Bonchev–Trinajstić information content (AvgIpc) is 2.86. The molecule has 0 bridgehead atoms. The van der Waals surface area contributed by atoms with E-state index in [1.165, 1.54) is 4.88 Å². The van der Waals surface area contributed by atoms with Crippen molar-refractivity contribution in [2.45, 2.75) is 27.3 Å². The summed E-state index contributed by atoms with van der Waals surface area (Å²) >= 11 is 1.74. The highest BCUT2D eigenvalue weighted by molar-refractivity contribution is 7.11. The topological polar surface area (TPSA) is 61.8 Å². The number of hydrogen-bond acceptors (Lipinski definition) is 5. The monoisotopic (exact) mass is 339 g/mol. The zero-order valence-electron chi connectivity index (χ0n) is 14.7. The Hall–Kier alpha value is -1.18. The molecule has 1 aliphatic rings. The van der Waals surface area contributed by atoms with E-state index in [-0.39, 0.29) is 0 Å². The second-order valence-corrected chi connectivity index (χ2v) is 7.35. The second kappa shape index (κ2) is 9.20. The Bertz CT molecular complexity index is 511. The summed E-state index contributed by atoms with van der Waals surface area (Å²) in [5.74, 6) is 1.42. The van der Waals surface area contributed by atoms with Gasteiger partial charge in [0.2, 0.25) is 0 Å². The van der Waals surface area contributed by atoms with Crippen LogP contribution in [0.15, 0.2) is 4.99 Å². The lowest BCUT2D eigenvalue weighted by Gasteiger charge is -2.29. The van der Waals surface area contributed by atoms with Crippen LogP contribution in [0.1, 0.15) is 22.5 Å². The highest BCUT2D eigenvalue weighted by atomic mass is 32.1. The van der Waals surface area contributed by atoms with Gasteiger partial charge in [0, 0.05) is 38.1 Å². The van der Waals surface area contributed by atoms with Gasteiger partial charge in [-0.1, -0.05) is 6.92 Å². The van der Waals surface area contributed by atoms with Crippen LogP contribution >= 0.6 is 11.3 Å². The maximum Gasteiger partial charge on any atom is 0.191 e. The van der Waals surface area contributed by atoms with Crippen LogP contribution in [-0.2, 0) is 11.3 Å². The minimum absolute atomic E-state index is 0.569. The van der Waals surface area contributed by atoms with Crippen molar-refractivity contribution in [2.24, 2.45) is 10.9 Å². The molecule has 2 heterocycles. The van der Waals surface area contributed by atoms with E-state index in [0.717, 1.165) is 62.6 Å². The van der Waals surface area contributed by atoms with Crippen molar-refractivity contribution >= 4 is 17.3 Å². The van der Waals surface area contributed by atoms with Gasteiger partial charge in [0.25, 0.3) is 0 Å². The van der Waals surface area contributed by atoms with Gasteiger partial charge < -0.3 is 15.4 Å². The number of ether oxygens (including phenoxy) is 1. The number of hydrogen-bond donors (Lipinski definition) is 2. The Morgan fingerprint density at radius 3 is 2.70 bits per heavy atom. The largest absolute Gasteiger partial charge is 0.379 e. The standard InChI is InChI=1S/C16H29N5OS/c1-12(11-21-5-7-22-8-6-21)9-18-16(17-4)19-10-15-13(2)20-14(3)23-15/h12H,5-11H2,1-4H3,(H2,17,18,19). The van der Waals surface area contributed by atoms with Crippen molar-refractivity contribution in [1.82, 2.24) is 20.5 Å². The Labute approximate surface area is 143 Å². The zero-order valence-corrected chi connectivity index (χ0v) is 15.5. The third-order valence-electron chi connectivity index (χ3n) is 3.93. The second-order valence-electron chi connectivity index (χ2n) is 6.07. The first-order chi connectivity index (χ1) is 11.1. The summed E-state index contributed by atoms with van der Waals surface area (Å²) in [6, 6.07) is 0. The predicted octanol–water partition coefficient (Wildman–Crippen LogP) is 1.39. The number of rotatable bonds is 6. The number of aryl methyl sites for hydroxylation is 2. The molecule has 0 spiro atoms. The van der Waals surface area contributed by atoms with E-state index < -0.39 is 0 Å². The molecular weight excluding hydrogens is 310 g/mol. The molecule has 0 radical (unpaired) electrons. The molecule has 1 aromatic heterocycles. The highest BCUT2D eigenvalue weighted by Crippen LogP contribution is 2.16. The van der Waals surface area contributed by atoms with Crippen LogP contribution in [0, 0.1) is 19.8 Å². The van der Waals surface area contributed by atoms with Gasteiger partial charge in [0.15, 0.2) is 5.96 Å². The molecule has 0 aromatic carbocycles. The molecule has 1 aliphatic heterocycles. The van der Waals surface area contributed by atoms with E-state index >= 15 is 0 Å². The smallest absolute Gasteiger partial charge is 0.191 e. The molecule has 1 aromatic rings. The van der Waals surface area contributed by atoms with Crippen molar-refractivity contribution in [1.29, 1.82) is 0 Å². The molecule has 2 N–H and O–H groups in total. The fraction of sp³-hybridized carbons (Fsp3) is 0.750. The van der Waals surface area contributed by atoms with Crippen LogP contribution in [0.4, 0.5) is 0 Å². The molecule has 130 valence electrons. The van der Waals surface area contributed by atoms with Gasteiger partial charge in [-0.05, 0) is 19.8 Å². The van der Waals surface area contributed by atoms with Gasteiger partial charge in [0.05, 0.1) is 30.5 Å². The Balaban J connectivity index is 1.70. The number of thiazole rings is 1. The predicted molar refractivity (Wildman–Crippen MR) is 96.2 cm³/mol. The quantitative estimate of drug-likeness (QED) is 0.606. The van der Waals surface area contributed by atoms with Gasteiger partial charge in [-0.25, -0.2) is 4.98 Å². The molecule has 1 saturated heterocycles. The molecule has 0 amide bonds. The summed E-state index contributed by atoms with van der Waals surface area (Å²) in [7, 11) is 1.81. The fourth-order valence-corrected chi connectivity index (χ4v) is 3.56. The zero-order chi connectivity index (χ0) is 16.7. The van der Waals surface area contributed by atoms with Crippen molar-refractivity contribution in [3.8, 4) is 0 Å². The number of aromatic nitrogens is 1. The summed E-state index contributed by atoms with van der Waals surface area (Å²) in [6.07, 6.45) is 0. The third kappa shape index (κ3) is 6.08. The molecule has 6 nitrogen and oxygen atoms in total. The maximum atomic E-state index is 5.39. The Morgan fingerprint density at radius 1 is 1.35 bits per heavy atom. The van der Waals surface area contributed by atoms with Gasteiger partial charge >= 0.3 is 0 Å². The lowest BCUT2D eigenvalue weighted by atomic mass is 10.1.